The number of carboxylic acid groups (broad SMARTS) is 1. The van der Waals surface area contributed by atoms with Gasteiger partial charge in [0.05, 0.1) is 25.7 Å². The third-order valence-corrected chi connectivity index (χ3v) is 8.03. The number of carboxylic acids is 1. The van der Waals surface area contributed by atoms with Crippen molar-refractivity contribution in [3.8, 4) is 0 Å². The Bertz CT molecular complexity index is 1340. The van der Waals surface area contributed by atoms with E-state index < -0.39 is 121 Å². The zero-order valence-electron chi connectivity index (χ0n) is 31.7. The van der Waals surface area contributed by atoms with Crippen LogP contribution in [0.5, 0.6) is 0 Å². The highest BCUT2D eigenvalue weighted by atomic mass is 16.4. The molecule has 0 aliphatic carbocycles. The molecule has 23 heteroatoms. The van der Waals surface area contributed by atoms with Crippen molar-refractivity contribution >= 4 is 53.3 Å². The predicted octanol–water partition coefficient (Wildman–Crippen LogP) is -6.34. The number of amides is 7. The van der Waals surface area contributed by atoms with Crippen molar-refractivity contribution < 1.29 is 53.7 Å². The molecule has 0 fully saturated rings. The van der Waals surface area contributed by atoms with E-state index in [1.807, 2.05) is 0 Å². The topological polar surface area (TPSA) is 412 Å². The summed E-state index contributed by atoms with van der Waals surface area (Å²) in [5.74, 6) is -9.57. The SMILES string of the molecule is CC(C)[C@H](NC(=O)[C@H](CCCN=C(N)N)NC(=O)[C@H](CC(N)=O)NC(=O)[C@H](CO)NC(=O)[C@@H](NC(=O)[C@@H](N)CCCCN)C(C)C)C(=O)N[C@@H](CO)C(=O)O. The van der Waals surface area contributed by atoms with Crippen LogP contribution in [0.1, 0.15) is 66.2 Å². The molecule has 314 valence electrons. The molecule has 0 aromatic rings. The van der Waals surface area contributed by atoms with E-state index >= 15 is 0 Å². The van der Waals surface area contributed by atoms with Crippen LogP contribution in [0.25, 0.3) is 0 Å². The molecular formula is C32H60N12O11. The van der Waals surface area contributed by atoms with Crippen molar-refractivity contribution in [3.63, 3.8) is 0 Å². The van der Waals surface area contributed by atoms with E-state index in [-0.39, 0.29) is 25.3 Å². The van der Waals surface area contributed by atoms with E-state index in [9.17, 15) is 53.7 Å². The zero-order chi connectivity index (χ0) is 42.4. The molecule has 0 saturated carbocycles. The maximum absolute atomic E-state index is 13.5. The highest BCUT2D eigenvalue weighted by Crippen LogP contribution is 2.08. The van der Waals surface area contributed by atoms with E-state index in [4.69, 9.17) is 28.7 Å². The Morgan fingerprint density at radius 1 is 0.582 bits per heavy atom. The van der Waals surface area contributed by atoms with Crippen LogP contribution in [0.3, 0.4) is 0 Å². The largest absolute Gasteiger partial charge is 0.480 e. The molecule has 0 bridgehead atoms. The number of aliphatic hydroxyl groups excluding tert-OH is 2. The minimum absolute atomic E-state index is 0.00421. The summed E-state index contributed by atoms with van der Waals surface area (Å²) in [7, 11) is 0. The Morgan fingerprint density at radius 3 is 1.49 bits per heavy atom. The standard InChI is InChI=1S/C32H60N12O11/c1-15(2)23(43-25(48)17(34)8-5-6-10-33)29(52)41-20(13-45)28(51)40-19(12-22(35)47)27(50)39-18(9-7-11-38-32(36)37)26(49)44-24(16(3)4)30(53)42-21(14-46)31(54)55/h15-21,23-24,45-46H,5-14,33-34H2,1-4H3,(H2,35,47)(H,39,50)(H,40,51)(H,41,52)(H,42,53)(H,43,48)(H,44,49)(H,54,55)(H4,36,37,38)/t17-,18-,19-,20-,21-,23-,24-/m0/s1. The van der Waals surface area contributed by atoms with Gasteiger partial charge in [0.2, 0.25) is 41.4 Å². The molecule has 0 spiro atoms. The van der Waals surface area contributed by atoms with Crippen LogP contribution in [-0.2, 0) is 38.4 Å². The maximum Gasteiger partial charge on any atom is 0.328 e. The van der Waals surface area contributed by atoms with Gasteiger partial charge in [-0.25, -0.2) is 4.79 Å². The highest BCUT2D eigenvalue weighted by Gasteiger charge is 2.35. The molecule has 0 aromatic carbocycles. The van der Waals surface area contributed by atoms with E-state index in [0.717, 1.165) is 0 Å². The molecule has 0 heterocycles. The van der Waals surface area contributed by atoms with Gasteiger partial charge in [0.1, 0.15) is 36.3 Å². The number of nitrogens with zero attached hydrogens (tertiary/aromatic N) is 1. The molecule has 7 atom stereocenters. The van der Waals surface area contributed by atoms with Gasteiger partial charge in [0.15, 0.2) is 5.96 Å². The van der Waals surface area contributed by atoms with E-state index in [1.165, 1.54) is 13.8 Å². The molecule has 55 heavy (non-hydrogen) atoms. The first kappa shape index (κ1) is 49.9. The Balaban J connectivity index is 6.15. The molecule has 7 amide bonds. The van der Waals surface area contributed by atoms with Crippen molar-refractivity contribution in [1.29, 1.82) is 0 Å². The first-order valence-electron chi connectivity index (χ1n) is 17.8. The van der Waals surface area contributed by atoms with Gasteiger partial charge in [0.25, 0.3) is 0 Å². The average Bonchev–Trinajstić information content (AvgIpc) is 3.10. The van der Waals surface area contributed by atoms with Gasteiger partial charge < -0.3 is 75.9 Å². The molecule has 0 saturated heterocycles. The Kier molecular flexibility index (Phi) is 23.4. The molecule has 0 aliphatic heterocycles. The Hall–Kier alpha value is -5.13. The number of aliphatic carboxylic acids is 1. The number of hydrogen-bond acceptors (Lipinski definition) is 13. The van der Waals surface area contributed by atoms with Crippen LogP contribution in [0.15, 0.2) is 4.99 Å². The molecule has 0 aliphatic rings. The lowest BCUT2D eigenvalue weighted by atomic mass is 10.0. The summed E-state index contributed by atoms with van der Waals surface area (Å²) in [6.07, 6.45) is 0.678. The van der Waals surface area contributed by atoms with Crippen LogP contribution in [0.2, 0.25) is 0 Å². The summed E-state index contributed by atoms with van der Waals surface area (Å²) in [5, 5.41) is 42.5. The van der Waals surface area contributed by atoms with Crippen LogP contribution in [0.4, 0.5) is 0 Å². The second kappa shape index (κ2) is 25.8. The molecule has 19 N–H and O–H groups in total. The number of aliphatic hydroxyl groups is 2. The Labute approximate surface area is 319 Å². The summed E-state index contributed by atoms with van der Waals surface area (Å²) in [6.45, 7) is 4.82. The van der Waals surface area contributed by atoms with E-state index in [0.29, 0.717) is 25.8 Å². The van der Waals surface area contributed by atoms with E-state index in [1.54, 1.807) is 13.8 Å². The number of unbranched alkanes of at least 4 members (excludes halogenated alkanes) is 1. The van der Waals surface area contributed by atoms with Crippen LogP contribution in [-0.4, -0.2) is 137 Å². The number of primary amides is 1. The fourth-order valence-corrected chi connectivity index (χ4v) is 4.85. The van der Waals surface area contributed by atoms with Gasteiger partial charge in [-0.3, -0.25) is 38.6 Å². The van der Waals surface area contributed by atoms with Crippen LogP contribution in [0, 0.1) is 11.8 Å². The summed E-state index contributed by atoms with van der Waals surface area (Å²) >= 11 is 0. The van der Waals surface area contributed by atoms with Gasteiger partial charge in [-0.1, -0.05) is 34.1 Å². The summed E-state index contributed by atoms with van der Waals surface area (Å²) in [5.41, 5.74) is 27.5. The quantitative estimate of drug-likeness (QED) is 0.0209. The number of nitrogens with one attached hydrogen (secondary N) is 6. The number of carbonyl (C=O) groups excluding carboxylic acids is 7. The fraction of sp³-hybridized carbons (Fsp3) is 0.719. The average molecular weight is 789 g/mol. The number of guanidine groups is 1. The number of rotatable bonds is 27. The summed E-state index contributed by atoms with van der Waals surface area (Å²) in [6, 6.07) is -10.0. The van der Waals surface area contributed by atoms with Gasteiger partial charge in [0, 0.05) is 6.54 Å². The molecule has 0 aromatic heterocycles. The van der Waals surface area contributed by atoms with Gasteiger partial charge >= 0.3 is 5.97 Å². The summed E-state index contributed by atoms with van der Waals surface area (Å²) < 4.78 is 0. The third kappa shape index (κ3) is 19.2. The maximum atomic E-state index is 13.5. The molecule has 0 unspecified atom stereocenters. The zero-order valence-corrected chi connectivity index (χ0v) is 31.7. The van der Waals surface area contributed by atoms with Crippen molar-refractivity contribution in [3.05, 3.63) is 0 Å². The lowest BCUT2D eigenvalue weighted by molar-refractivity contribution is -0.143. The van der Waals surface area contributed by atoms with Crippen molar-refractivity contribution in [1.82, 2.24) is 31.9 Å². The lowest BCUT2D eigenvalue weighted by Gasteiger charge is -2.28. The van der Waals surface area contributed by atoms with Crippen LogP contribution < -0.4 is 60.6 Å². The van der Waals surface area contributed by atoms with E-state index in [2.05, 4.69) is 36.9 Å². The van der Waals surface area contributed by atoms with Crippen molar-refractivity contribution in [2.24, 2.45) is 45.5 Å². The minimum Gasteiger partial charge on any atom is -0.480 e. The lowest BCUT2D eigenvalue weighted by Crippen LogP contribution is -2.61. The summed E-state index contributed by atoms with van der Waals surface area (Å²) in [4.78, 5) is 106. The van der Waals surface area contributed by atoms with Gasteiger partial charge in [-0.05, 0) is 44.1 Å². The normalized spacial score (nSPS) is 14.9. The first-order valence-corrected chi connectivity index (χ1v) is 17.8. The van der Waals surface area contributed by atoms with Crippen LogP contribution >= 0.6 is 0 Å². The van der Waals surface area contributed by atoms with Crippen molar-refractivity contribution in [2.45, 2.75) is 109 Å². The highest BCUT2D eigenvalue weighted by molar-refractivity contribution is 5.98. The third-order valence-electron chi connectivity index (χ3n) is 8.03. The van der Waals surface area contributed by atoms with Gasteiger partial charge in [-0.15, -0.1) is 0 Å². The molecule has 0 rings (SSSR count). The monoisotopic (exact) mass is 788 g/mol. The number of hydrogen-bond donors (Lipinski definition) is 14. The number of aliphatic imine (C=N–C) groups is 1. The first-order chi connectivity index (χ1) is 25.7. The molecule has 23 nitrogen and oxygen atoms in total. The molecule has 0 radical (unpaired) electrons. The number of nitrogens with two attached hydrogens (primary N) is 5. The van der Waals surface area contributed by atoms with Gasteiger partial charge in [-0.2, -0.15) is 0 Å². The second-order valence-corrected chi connectivity index (χ2v) is 13.4. The second-order valence-electron chi connectivity index (χ2n) is 13.4. The number of carbonyl (C=O) groups is 8. The van der Waals surface area contributed by atoms with Crippen molar-refractivity contribution in [2.75, 3.05) is 26.3 Å². The fourth-order valence-electron chi connectivity index (χ4n) is 4.85. The molecular weight excluding hydrogens is 728 g/mol. The Morgan fingerprint density at radius 2 is 1.04 bits per heavy atom. The predicted molar refractivity (Wildman–Crippen MR) is 198 cm³/mol. The minimum atomic E-state index is -1.75. The smallest absolute Gasteiger partial charge is 0.328 e.